The Hall–Kier alpha value is -2.22. The topological polar surface area (TPSA) is 75.4 Å². The van der Waals surface area contributed by atoms with Crippen molar-refractivity contribution >= 4 is 33.6 Å². The third-order valence-corrected chi connectivity index (χ3v) is 4.68. The van der Waals surface area contributed by atoms with E-state index in [0.717, 1.165) is 0 Å². The lowest BCUT2D eigenvalue weighted by atomic mass is 9.95. The molecule has 2 heterocycles. The minimum absolute atomic E-state index is 0.0374. The van der Waals surface area contributed by atoms with E-state index in [1.54, 1.807) is 24.0 Å². The molecule has 1 saturated heterocycles. The largest absolute Gasteiger partial charge is 0.360 e. The average Bonchev–Trinajstić information content (AvgIpc) is 3.01. The van der Waals surface area contributed by atoms with Gasteiger partial charge in [0.15, 0.2) is 5.82 Å². The Labute approximate surface area is 152 Å². The SMILES string of the molecule is Cc1cc(NC(=O)C2CCN(C(=O)c3cc(Br)ccc3F)CC2)no1. The van der Waals surface area contributed by atoms with Crippen LogP contribution in [0.2, 0.25) is 0 Å². The summed E-state index contributed by atoms with van der Waals surface area (Å²) in [5.74, 6) is -0.259. The van der Waals surface area contributed by atoms with Crippen molar-refractivity contribution in [1.82, 2.24) is 10.1 Å². The average molecular weight is 410 g/mol. The molecule has 0 saturated carbocycles. The fourth-order valence-corrected chi connectivity index (χ4v) is 3.19. The molecule has 2 amide bonds. The summed E-state index contributed by atoms with van der Waals surface area (Å²) < 4.78 is 19.4. The number of nitrogens with zero attached hydrogens (tertiary/aromatic N) is 2. The van der Waals surface area contributed by atoms with Crippen molar-refractivity contribution in [3.8, 4) is 0 Å². The monoisotopic (exact) mass is 409 g/mol. The van der Waals surface area contributed by atoms with Gasteiger partial charge in [-0.25, -0.2) is 4.39 Å². The number of hydrogen-bond donors (Lipinski definition) is 1. The summed E-state index contributed by atoms with van der Waals surface area (Å²) in [6, 6.07) is 5.93. The Kier molecular flexibility index (Phi) is 5.17. The molecule has 1 N–H and O–H groups in total. The van der Waals surface area contributed by atoms with Crippen LogP contribution in [0.15, 0.2) is 33.3 Å². The number of likely N-dealkylation sites (tertiary alicyclic amines) is 1. The number of carbonyl (C=O) groups excluding carboxylic acids is 2. The first kappa shape index (κ1) is 17.6. The van der Waals surface area contributed by atoms with E-state index in [-0.39, 0.29) is 23.3 Å². The van der Waals surface area contributed by atoms with Gasteiger partial charge in [0.1, 0.15) is 11.6 Å². The summed E-state index contributed by atoms with van der Waals surface area (Å²) in [5, 5.41) is 6.45. The molecule has 0 unspecified atom stereocenters. The Balaban J connectivity index is 1.58. The fourth-order valence-electron chi connectivity index (χ4n) is 2.83. The maximum absolute atomic E-state index is 13.9. The number of aromatic nitrogens is 1. The maximum atomic E-state index is 13.9. The van der Waals surface area contributed by atoms with Gasteiger partial charge in [-0.1, -0.05) is 21.1 Å². The lowest BCUT2D eigenvalue weighted by Crippen LogP contribution is -2.41. The van der Waals surface area contributed by atoms with Gasteiger partial charge < -0.3 is 14.7 Å². The number of amides is 2. The van der Waals surface area contributed by atoms with Crippen LogP contribution in [0.25, 0.3) is 0 Å². The smallest absolute Gasteiger partial charge is 0.256 e. The van der Waals surface area contributed by atoms with Crippen LogP contribution in [0.5, 0.6) is 0 Å². The molecule has 1 aliphatic heterocycles. The quantitative estimate of drug-likeness (QED) is 0.842. The summed E-state index contributed by atoms with van der Waals surface area (Å²) in [5.41, 5.74) is 0.0374. The van der Waals surface area contributed by atoms with Crippen molar-refractivity contribution in [3.63, 3.8) is 0 Å². The van der Waals surface area contributed by atoms with Crippen molar-refractivity contribution in [2.24, 2.45) is 5.92 Å². The van der Waals surface area contributed by atoms with E-state index in [9.17, 15) is 14.0 Å². The minimum Gasteiger partial charge on any atom is -0.360 e. The normalized spacial score (nSPS) is 15.2. The van der Waals surface area contributed by atoms with Gasteiger partial charge in [0.05, 0.1) is 5.56 Å². The Morgan fingerprint density at radius 2 is 2.04 bits per heavy atom. The second-order valence-corrected chi connectivity index (χ2v) is 6.92. The van der Waals surface area contributed by atoms with Gasteiger partial charge in [0.2, 0.25) is 5.91 Å². The highest BCUT2D eigenvalue weighted by Crippen LogP contribution is 2.23. The van der Waals surface area contributed by atoms with Crippen LogP contribution in [0.3, 0.4) is 0 Å². The summed E-state index contributed by atoms with van der Waals surface area (Å²) in [7, 11) is 0. The number of anilines is 1. The van der Waals surface area contributed by atoms with E-state index >= 15 is 0 Å². The molecule has 2 aromatic rings. The summed E-state index contributed by atoms with van der Waals surface area (Å²) in [6.07, 6.45) is 1.04. The van der Waals surface area contributed by atoms with Crippen LogP contribution < -0.4 is 5.32 Å². The molecule has 6 nitrogen and oxygen atoms in total. The van der Waals surface area contributed by atoms with E-state index in [4.69, 9.17) is 4.52 Å². The number of nitrogens with one attached hydrogen (secondary N) is 1. The summed E-state index contributed by atoms with van der Waals surface area (Å²) in [6.45, 7) is 2.55. The number of piperidine rings is 1. The highest BCUT2D eigenvalue weighted by molar-refractivity contribution is 9.10. The summed E-state index contributed by atoms with van der Waals surface area (Å²) in [4.78, 5) is 26.3. The van der Waals surface area contributed by atoms with Crippen LogP contribution in [-0.2, 0) is 4.79 Å². The summed E-state index contributed by atoms with van der Waals surface area (Å²) >= 11 is 3.25. The van der Waals surface area contributed by atoms with Gasteiger partial charge in [0.25, 0.3) is 5.91 Å². The lowest BCUT2D eigenvalue weighted by Gasteiger charge is -2.31. The molecule has 8 heteroatoms. The van der Waals surface area contributed by atoms with Crippen molar-refractivity contribution in [3.05, 3.63) is 45.9 Å². The number of aryl methyl sites for hydroxylation is 1. The van der Waals surface area contributed by atoms with E-state index in [1.165, 1.54) is 12.1 Å². The van der Waals surface area contributed by atoms with E-state index < -0.39 is 5.82 Å². The van der Waals surface area contributed by atoms with Gasteiger partial charge in [-0.15, -0.1) is 0 Å². The molecule has 0 spiro atoms. The number of hydrogen-bond acceptors (Lipinski definition) is 4. The molecule has 0 aliphatic carbocycles. The van der Waals surface area contributed by atoms with Crippen molar-refractivity contribution < 1.29 is 18.5 Å². The zero-order chi connectivity index (χ0) is 18.0. The van der Waals surface area contributed by atoms with E-state index in [2.05, 4.69) is 26.4 Å². The molecule has 0 atom stereocenters. The van der Waals surface area contributed by atoms with E-state index in [1.807, 2.05) is 0 Å². The maximum Gasteiger partial charge on any atom is 0.256 e. The molecule has 1 aromatic heterocycles. The third kappa shape index (κ3) is 4.07. The second kappa shape index (κ2) is 7.35. The van der Waals surface area contributed by atoms with Gasteiger partial charge in [-0.2, -0.15) is 0 Å². The van der Waals surface area contributed by atoms with Gasteiger partial charge in [-0.05, 0) is 38.0 Å². The molecule has 0 radical (unpaired) electrons. The van der Waals surface area contributed by atoms with Crippen molar-refractivity contribution in [1.29, 1.82) is 0 Å². The standard InChI is InChI=1S/C17H17BrFN3O3/c1-10-8-15(21-25-10)20-16(23)11-4-6-22(7-5-11)17(24)13-9-12(18)2-3-14(13)19/h2-3,8-9,11H,4-7H2,1H3,(H,20,21,23). The van der Waals surface area contributed by atoms with Crippen LogP contribution in [0, 0.1) is 18.7 Å². The predicted octanol–water partition coefficient (Wildman–Crippen LogP) is 3.38. The lowest BCUT2D eigenvalue weighted by molar-refractivity contribution is -0.121. The molecule has 1 fully saturated rings. The van der Waals surface area contributed by atoms with E-state index in [0.29, 0.717) is 42.0 Å². The van der Waals surface area contributed by atoms with Gasteiger partial charge >= 0.3 is 0 Å². The van der Waals surface area contributed by atoms with Gasteiger partial charge in [-0.3, -0.25) is 9.59 Å². The highest BCUT2D eigenvalue weighted by Gasteiger charge is 2.29. The first-order valence-corrected chi connectivity index (χ1v) is 8.72. The van der Waals surface area contributed by atoms with Crippen LogP contribution >= 0.6 is 15.9 Å². The van der Waals surface area contributed by atoms with Crippen LogP contribution in [0.1, 0.15) is 29.0 Å². The molecular weight excluding hydrogens is 393 g/mol. The molecular formula is C17H17BrFN3O3. The predicted molar refractivity (Wildman–Crippen MR) is 92.6 cm³/mol. The zero-order valence-electron chi connectivity index (χ0n) is 13.6. The highest BCUT2D eigenvalue weighted by atomic mass is 79.9. The minimum atomic E-state index is -0.547. The molecule has 25 heavy (non-hydrogen) atoms. The number of rotatable bonds is 3. The van der Waals surface area contributed by atoms with Gasteiger partial charge in [0, 0.05) is 29.5 Å². The second-order valence-electron chi connectivity index (χ2n) is 6.00. The first-order chi connectivity index (χ1) is 11.9. The number of halogens is 2. The number of benzene rings is 1. The van der Waals surface area contributed by atoms with Crippen LogP contribution in [0.4, 0.5) is 10.2 Å². The molecule has 132 valence electrons. The van der Waals surface area contributed by atoms with Crippen molar-refractivity contribution in [2.45, 2.75) is 19.8 Å². The molecule has 0 bridgehead atoms. The zero-order valence-corrected chi connectivity index (χ0v) is 15.2. The Morgan fingerprint density at radius 1 is 1.32 bits per heavy atom. The first-order valence-electron chi connectivity index (χ1n) is 7.92. The molecule has 1 aliphatic rings. The molecule has 3 rings (SSSR count). The Bertz CT molecular complexity index is 800. The van der Waals surface area contributed by atoms with Crippen LogP contribution in [-0.4, -0.2) is 35.0 Å². The number of carbonyl (C=O) groups is 2. The fraction of sp³-hybridized carbons (Fsp3) is 0.353. The molecule has 1 aromatic carbocycles. The van der Waals surface area contributed by atoms with Crippen molar-refractivity contribution in [2.75, 3.05) is 18.4 Å². The Morgan fingerprint density at radius 3 is 2.68 bits per heavy atom. The third-order valence-electron chi connectivity index (χ3n) is 4.19.